The molecular weight excluding hydrogens is 288 g/mol. The number of nitrogens with zero attached hydrogens (tertiary/aromatic N) is 4. The van der Waals surface area contributed by atoms with Gasteiger partial charge in [-0.25, -0.2) is 9.67 Å². The van der Waals surface area contributed by atoms with Crippen LogP contribution in [0.3, 0.4) is 0 Å². The van der Waals surface area contributed by atoms with E-state index in [1.165, 1.54) is 11.3 Å². The SMILES string of the molecule is N#Cc1sc(-n2ccc(Br)n2)nc1Cl. The molecule has 2 aromatic rings. The van der Waals surface area contributed by atoms with Crippen LogP contribution in [0.4, 0.5) is 0 Å². The average Bonchev–Trinajstić information content (AvgIpc) is 2.71. The number of halogens is 2. The van der Waals surface area contributed by atoms with E-state index < -0.39 is 0 Å². The second-order valence-electron chi connectivity index (χ2n) is 2.31. The predicted molar refractivity (Wildman–Crippen MR) is 56.7 cm³/mol. The van der Waals surface area contributed by atoms with Crippen molar-refractivity contribution in [3.8, 4) is 11.2 Å². The first-order valence-electron chi connectivity index (χ1n) is 3.48. The lowest BCUT2D eigenvalue weighted by Gasteiger charge is -1.90. The summed E-state index contributed by atoms with van der Waals surface area (Å²) in [4.78, 5) is 4.40. The molecule has 2 heterocycles. The minimum Gasteiger partial charge on any atom is -0.212 e. The summed E-state index contributed by atoms with van der Waals surface area (Å²) in [6.45, 7) is 0. The van der Waals surface area contributed by atoms with Gasteiger partial charge in [-0.3, -0.25) is 0 Å². The quantitative estimate of drug-likeness (QED) is 0.811. The Morgan fingerprint density at radius 1 is 1.64 bits per heavy atom. The van der Waals surface area contributed by atoms with Crippen LogP contribution in [-0.4, -0.2) is 14.8 Å². The molecule has 0 aliphatic heterocycles. The minimum absolute atomic E-state index is 0.221. The number of thiazole rings is 1. The fourth-order valence-corrected chi connectivity index (χ4v) is 2.13. The number of rotatable bonds is 1. The maximum Gasteiger partial charge on any atom is 0.213 e. The summed E-state index contributed by atoms with van der Waals surface area (Å²) >= 11 is 10.1. The summed E-state index contributed by atoms with van der Waals surface area (Å²) in [7, 11) is 0. The summed E-state index contributed by atoms with van der Waals surface area (Å²) in [5.74, 6) is 0. The Morgan fingerprint density at radius 2 is 2.43 bits per heavy atom. The Bertz CT molecular complexity index is 512. The van der Waals surface area contributed by atoms with Crippen LogP contribution in [0.25, 0.3) is 5.13 Å². The topological polar surface area (TPSA) is 54.5 Å². The molecule has 7 heteroatoms. The zero-order valence-corrected chi connectivity index (χ0v) is 9.77. The second-order valence-corrected chi connectivity index (χ2v) is 4.46. The van der Waals surface area contributed by atoms with Gasteiger partial charge in [-0.1, -0.05) is 22.9 Å². The third-order valence-electron chi connectivity index (χ3n) is 1.43. The van der Waals surface area contributed by atoms with E-state index in [1.54, 1.807) is 16.9 Å². The first-order valence-corrected chi connectivity index (χ1v) is 5.47. The largest absolute Gasteiger partial charge is 0.213 e. The van der Waals surface area contributed by atoms with Crippen molar-refractivity contribution < 1.29 is 0 Å². The van der Waals surface area contributed by atoms with Gasteiger partial charge >= 0.3 is 0 Å². The van der Waals surface area contributed by atoms with E-state index in [2.05, 4.69) is 26.0 Å². The Kier molecular flexibility index (Phi) is 2.54. The highest BCUT2D eigenvalue weighted by molar-refractivity contribution is 9.10. The summed E-state index contributed by atoms with van der Waals surface area (Å²) in [6.07, 6.45) is 1.74. The molecule has 2 rings (SSSR count). The first-order chi connectivity index (χ1) is 6.70. The Balaban J connectivity index is 2.48. The van der Waals surface area contributed by atoms with Gasteiger partial charge in [-0.15, -0.1) is 0 Å². The molecule has 70 valence electrons. The standard InChI is InChI=1S/C7H2BrClN4S/c8-5-1-2-13(12-5)7-11-6(9)4(3-10)14-7/h1-2H. The molecule has 0 aromatic carbocycles. The van der Waals surface area contributed by atoms with Gasteiger partial charge in [-0.05, 0) is 22.0 Å². The fraction of sp³-hybridized carbons (Fsp3) is 0. The van der Waals surface area contributed by atoms with Crippen molar-refractivity contribution in [3.05, 3.63) is 26.9 Å². The molecule has 0 spiro atoms. The van der Waals surface area contributed by atoms with Crippen LogP contribution in [0.5, 0.6) is 0 Å². The lowest BCUT2D eigenvalue weighted by atomic mass is 10.6. The van der Waals surface area contributed by atoms with E-state index in [9.17, 15) is 0 Å². The molecule has 0 bridgehead atoms. The van der Waals surface area contributed by atoms with E-state index in [4.69, 9.17) is 16.9 Å². The third kappa shape index (κ3) is 1.66. The van der Waals surface area contributed by atoms with Crippen LogP contribution in [-0.2, 0) is 0 Å². The van der Waals surface area contributed by atoms with Gasteiger partial charge < -0.3 is 0 Å². The third-order valence-corrected chi connectivity index (χ3v) is 3.19. The molecule has 0 atom stereocenters. The van der Waals surface area contributed by atoms with Gasteiger partial charge in [0.15, 0.2) is 5.15 Å². The maximum atomic E-state index is 8.68. The molecule has 0 saturated heterocycles. The highest BCUT2D eigenvalue weighted by Crippen LogP contribution is 2.24. The van der Waals surface area contributed by atoms with Gasteiger partial charge in [0, 0.05) is 6.20 Å². The van der Waals surface area contributed by atoms with E-state index in [0.717, 1.165) is 0 Å². The van der Waals surface area contributed by atoms with Crippen LogP contribution < -0.4 is 0 Å². The van der Waals surface area contributed by atoms with Crippen molar-refractivity contribution >= 4 is 38.9 Å². The van der Waals surface area contributed by atoms with Crippen molar-refractivity contribution in [2.75, 3.05) is 0 Å². The molecule has 0 saturated carbocycles. The molecule has 0 aliphatic rings. The Morgan fingerprint density at radius 3 is 2.93 bits per heavy atom. The van der Waals surface area contributed by atoms with Gasteiger partial charge in [0.2, 0.25) is 5.13 Å². The molecule has 0 unspecified atom stereocenters. The zero-order chi connectivity index (χ0) is 10.1. The molecule has 4 nitrogen and oxygen atoms in total. The van der Waals surface area contributed by atoms with Crippen LogP contribution in [0.1, 0.15) is 4.88 Å². The Labute approximate surface area is 96.9 Å². The van der Waals surface area contributed by atoms with E-state index in [-0.39, 0.29) is 5.15 Å². The number of hydrogen-bond donors (Lipinski definition) is 0. The summed E-state index contributed by atoms with van der Waals surface area (Å²) in [6, 6.07) is 3.74. The van der Waals surface area contributed by atoms with Crippen molar-refractivity contribution in [1.82, 2.24) is 14.8 Å². The fourth-order valence-electron chi connectivity index (χ4n) is 0.866. The predicted octanol–water partition coefficient (Wildman–Crippen LogP) is 2.62. The van der Waals surface area contributed by atoms with E-state index in [0.29, 0.717) is 14.6 Å². The van der Waals surface area contributed by atoms with Crippen molar-refractivity contribution in [1.29, 1.82) is 5.26 Å². The first kappa shape index (κ1) is 9.65. The molecular formula is C7H2BrClN4S. The summed E-state index contributed by atoms with van der Waals surface area (Å²) in [5.41, 5.74) is 0. The molecule has 0 N–H and O–H groups in total. The second kappa shape index (κ2) is 3.69. The monoisotopic (exact) mass is 288 g/mol. The smallest absolute Gasteiger partial charge is 0.212 e. The summed E-state index contributed by atoms with van der Waals surface area (Å²) in [5, 5.41) is 13.6. The van der Waals surface area contributed by atoms with Gasteiger partial charge in [0.05, 0.1) is 0 Å². The molecule has 0 radical (unpaired) electrons. The molecule has 14 heavy (non-hydrogen) atoms. The van der Waals surface area contributed by atoms with E-state index >= 15 is 0 Å². The van der Waals surface area contributed by atoms with Crippen molar-refractivity contribution in [2.45, 2.75) is 0 Å². The number of hydrogen-bond acceptors (Lipinski definition) is 4. The lowest BCUT2D eigenvalue weighted by Crippen LogP contribution is -1.92. The maximum absolute atomic E-state index is 8.68. The number of nitriles is 1. The van der Waals surface area contributed by atoms with E-state index in [1.807, 2.05) is 6.07 Å². The van der Waals surface area contributed by atoms with Crippen LogP contribution >= 0.6 is 38.9 Å². The van der Waals surface area contributed by atoms with Gasteiger partial charge in [0.1, 0.15) is 15.5 Å². The summed E-state index contributed by atoms with van der Waals surface area (Å²) < 4.78 is 2.27. The lowest BCUT2D eigenvalue weighted by molar-refractivity contribution is 0.860. The molecule has 0 fully saturated rings. The molecule has 2 aromatic heterocycles. The van der Waals surface area contributed by atoms with Gasteiger partial charge in [-0.2, -0.15) is 10.4 Å². The molecule has 0 amide bonds. The molecule has 0 aliphatic carbocycles. The van der Waals surface area contributed by atoms with Crippen molar-refractivity contribution in [3.63, 3.8) is 0 Å². The highest BCUT2D eigenvalue weighted by Gasteiger charge is 2.10. The Hall–Kier alpha value is -0.900. The van der Waals surface area contributed by atoms with Crippen LogP contribution in [0, 0.1) is 11.3 Å². The zero-order valence-electron chi connectivity index (χ0n) is 6.61. The minimum atomic E-state index is 0.221. The van der Waals surface area contributed by atoms with Gasteiger partial charge in [0.25, 0.3) is 0 Å². The van der Waals surface area contributed by atoms with Crippen molar-refractivity contribution in [2.24, 2.45) is 0 Å². The van der Waals surface area contributed by atoms with Crippen LogP contribution in [0.2, 0.25) is 5.15 Å². The highest BCUT2D eigenvalue weighted by atomic mass is 79.9. The van der Waals surface area contributed by atoms with Crippen LogP contribution in [0.15, 0.2) is 16.9 Å². The normalized spacial score (nSPS) is 10.1. The number of aromatic nitrogens is 3. The average molecular weight is 290 g/mol.